The van der Waals surface area contributed by atoms with E-state index in [2.05, 4.69) is 0 Å². The Morgan fingerprint density at radius 1 is 1.44 bits per heavy atom. The summed E-state index contributed by atoms with van der Waals surface area (Å²) >= 11 is 5.65. The van der Waals surface area contributed by atoms with E-state index >= 15 is 0 Å². The van der Waals surface area contributed by atoms with Crippen LogP contribution in [0.15, 0.2) is 18.2 Å². The second kappa shape index (κ2) is 5.24. The van der Waals surface area contributed by atoms with Crippen molar-refractivity contribution in [3.63, 3.8) is 0 Å². The van der Waals surface area contributed by atoms with E-state index in [1.807, 2.05) is 0 Å². The fourth-order valence-electron chi connectivity index (χ4n) is 2.17. The van der Waals surface area contributed by atoms with E-state index in [0.717, 1.165) is 6.07 Å². The van der Waals surface area contributed by atoms with Crippen LogP contribution < -0.4 is 0 Å². The molecule has 0 bridgehead atoms. The van der Waals surface area contributed by atoms with Crippen LogP contribution in [0.5, 0.6) is 0 Å². The lowest BCUT2D eigenvalue weighted by molar-refractivity contribution is -0.155. The fourth-order valence-corrected chi connectivity index (χ4v) is 2.35. The van der Waals surface area contributed by atoms with Crippen LogP contribution in [0.4, 0.5) is 4.39 Å². The van der Waals surface area contributed by atoms with Crippen LogP contribution in [0.25, 0.3) is 0 Å². The summed E-state index contributed by atoms with van der Waals surface area (Å²) in [6.45, 7) is 4.81. The largest absolute Gasteiger partial charge is 0.481 e. The van der Waals surface area contributed by atoms with E-state index in [1.54, 1.807) is 13.8 Å². The summed E-state index contributed by atoms with van der Waals surface area (Å²) in [7, 11) is 0. The molecule has 1 aromatic carbocycles. The first-order valence-corrected chi connectivity index (χ1v) is 5.96. The number of hydrogen-bond acceptors (Lipinski definition) is 2. The van der Waals surface area contributed by atoms with Crippen molar-refractivity contribution in [1.29, 1.82) is 0 Å². The van der Waals surface area contributed by atoms with Crippen molar-refractivity contribution in [2.75, 3.05) is 0 Å². The third-order valence-electron chi connectivity index (χ3n) is 3.04. The number of aliphatic carboxylic acids is 1. The van der Waals surface area contributed by atoms with Crippen molar-refractivity contribution < 1.29 is 19.4 Å². The molecular weight excluding hydrogens is 259 g/mol. The number of benzene rings is 1. The molecule has 0 aliphatic heterocycles. The highest BCUT2D eigenvalue weighted by atomic mass is 35.5. The molecule has 100 valence electrons. The molecule has 0 aliphatic carbocycles. The van der Waals surface area contributed by atoms with Gasteiger partial charge in [-0.2, -0.15) is 0 Å². The van der Waals surface area contributed by atoms with Gasteiger partial charge >= 0.3 is 5.97 Å². The maximum absolute atomic E-state index is 13.1. The minimum absolute atomic E-state index is 0.138. The molecule has 1 aromatic rings. The summed E-state index contributed by atoms with van der Waals surface area (Å²) in [6, 6.07) is 3.72. The first kappa shape index (κ1) is 14.9. The van der Waals surface area contributed by atoms with Crippen molar-refractivity contribution in [1.82, 2.24) is 0 Å². The molecular formula is C13H16ClFO3. The number of rotatable bonds is 4. The van der Waals surface area contributed by atoms with Gasteiger partial charge in [0.1, 0.15) is 11.4 Å². The van der Waals surface area contributed by atoms with Crippen molar-refractivity contribution in [2.24, 2.45) is 11.8 Å². The van der Waals surface area contributed by atoms with E-state index in [9.17, 15) is 19.4 Å². The summed E-state index contributed by atoms with van der Waals surface area (Å²) in [5.41, 5.74) is -1.33. The Hall–Kier alpha value is -1.13. The Kier molecular flexibility index (Phi) is 4.35. The molecule has 0 spiro atoms. The van der Waals surface area contributed by atoms with E-state index in [0.29, 0.717) is 0 Å². The zero-order chi connectivity index (χ0) is 14.1. The molecule has 2 N–H and O–H groups in total. The summed E-state index contributed by atoms with van der Waals surface area (Å²) in [6.07, 6.45) is 0. The number of hydrogen-bond donors (Lipinski definition) is 2. The molecule has 0 saturated heterocycles. The summed E-state index contributed by atoms with van der Waals surface area (Å²) in [4.78, 5) is 11.2. The lowest BCUT2D eigenvalue weighted by Gasteiger charge is -2.33. The molecule has 0 saturated carbocycles. The van der Waals surface area contributed by atoms with E-state index in [4.69, 9.17) is 11.6 Å². The van der Waals surface area contributed by atoms with E-state index in [-0.39, 0.29) is 16.5 Å². The van der Waals surface area contributed by atoms with Crippen molar-refractivity contribution in [3.8, 4) is 0 Å². The Morgan fingerprint density at radius 3 is 2.39 bits per heavy atom. The van der Waals surface area contributed by atoms with Crippen LogP contribution in [-0.4, -0.2) is 16.2 Å². The summed E-state index contributed by atoms with van der Waals surface area (Å²) in [5, 5.41) is 19.5. The van der Waals surface area contributed by atoms with Gasteiger partial charge in [-0.25, -0.2) is 4.39 Å². The van der Waals surface area contributed by atoms with Crippen LogP contribution in [0.1, 0.15) is 26.3 Å². The lowest BCUT2D eigenvalue weighted by Crippen LogP contribution is -2.40. The number of carboxylic acids is 1. The summed E-state index contributed by atoms with van der Waals surface area (Å²) < 4.78 is 13.1. The number of halogens is 2. The Bertz CT molecular complexity index is 458. The lowest BCUT2D eigenvalue weighted by atomic mass is 9.76. The monoisotopic (exact) mass is 274 g/mol. The predicted molar refractivity (Wildman–Crippen MR) is 66.9 cm³/mol. The molecule has 0 amide bonds. The summed E-state index contributed by atoms with van der Waals surface area (Å²) in [5.74, 6) is -2.98. The van der Waals surface area contributed by atoms with Gasteiger partial charge in [0.25, 0.3) is 0 Å². The highest BCUT2D eigenvalue weighted by Gasteiger charge is 2.41. The van der Waals surface area contributed by atoms with Gasteiger partial charge < -0.3 is 10.2 Å². The third-order valence-corrected chi connectivity index (χ3v) is 3.33. The van der Waals surface area contributed by atoms with Crippen molar-refractivity contribution in [3.05, 3.63) is 34.6 Å². The van der Waals surface area contributed by atoms with E-state index < -0.39 is 23.3 Å². The zero-order valence-electron chi connectivity index (χ0n) is 10.4. The molecule has 1 rings (SSSR count). The molecule has 0 radical (unpaired) electrons. The van der Waals surface area contributed by atoms with Gasteiger partial charge in [0.15, 0.2) is 0 Å². The third kappa shape index (κ3) is 2.82. The second-order valence-electron chi connectivity index (χ2n) is 4.84. The topological polar surface area (TPSA) is 57.5 Å². The first-order valence-electron chi connectivity index (χ1n) is 5.58. The van der Waals surface area contributed by atoms with Crippen LogP contribution in [0.3, 0.4) is 0 Å². The first-order chi connectivity index (χ1) is 8.17. The molecule has 0 aliphatic rings. The normalized spacial score (nSPS) is 16.4. The molecule has 0 fully saturated rings. The Labute approximate surface area is 110 Å². The predicted octanol–water partition coefficient (Wildman–Crippen LogP) is 3.04. The molecule has 5 heteroatoms. The Morgan fingerprint density at radius 2 is 2.00 bits per heavy atom. The fraction of sp³-hybridized carbons (Fsp3) is 0.462. The van der Waals surface area contributed by atoms with Crippen molar-refractivity contribution in [2.45, 2.75) is 26.4 Å². The van der Waals surface area contributed by atoms with Gasteiger partial charge in [-0.1, -0.05) is 31.5 Å². The average Bonchev–Trinajstić information content (AvgIpc) is 2.19. The van der Waals surface area contributed by atoms with Gasteiger partial charge in [0.2, 0.25) is 0 Å². The van der Waals surface area contributed by atoms with Gasteiger partial charge in [-0.3, -0.25) is 4.79 Å². The second-order valence-corrected chi connectivity index (χ2v) is 5.24. The molecule has 2 unspecified atom stereocenters. The minimum atomic E-state index is -1.61. The molecule has 2 atom stereocenters. The van der Waals surface area contributed by atoms with Gasteiger partial charge in [-0.15, -0.1) is 0 Å². The highest BCUT2D eigenvalue weighted by Crippen LogP contribution is 2.35. The molecule has 0 heterocycles. The van der Waals surface area contributed by atoms with E-state index in [1.165, 1.54) is 19.1 Å². The number of carboxylic acid groups (broad SMARTS) is 1. The van der Waals surface area contributed by atoms with Gasteiger partial charge in [0, 0.05) is 0 Å². The van der Waals surface area contributed by atoms with Crippen LogP contribution in [-0.2, 0) is 10.4 Å². The minimum Gasteiger partial charge on any atom is -0.481 e. The SMILES string of the molecule is CC(C)C(C(=O)O)C(C)(O)c1ccc(F)c(Cl)c1. The quantitative estimate of drug-likeness (QED) is 0.887. The number of carbonyl (C=O) groups is 1. The van der Waals surface area contributed by atoms with Gasteiger partial charge in [0.05, 0.1) is 10.9 Å². The Balaban J connectivity index is 3.25. The maximum Gasteiger partial charge on any atom is 0.310 e. The molecule has 0 aromatic heterocycles. The van der Waals surface area contributed by atoms with Crippen LogP contribution in [0.2, 0.25) is 5.02 Å². The molecule has 18 heavy (non-hydrogen) atoms. The zero-order valence-corrected chi connectivity index (χ0v) is 11.2. The van der Waals surface area contributed by atoms with Crippen LogP contribution in [0, 0.1) is 17.7 Å². The smallest absolute Gasteiger partial charge is 0.310 e. The standard InChI is InChI=1S/C13H16ClFO3/c1-7(2)11(12(16)17)13(3,18)8-4-5-10(15)9(14)6-8/h4-7,11,18H,1-3H3,(H,16,17). The van der Waals surface area contributed by atoms with Crippen molar-refractivity contribution >= 4 is 17.6 Å². The number of aliphatic hydroxyl groups is 1. The van der Waals surface area contributed by atoms with Crippen LogP contribution >= 0.6 is 11.6 Å². The molecule has 3 nitrogen and oxygen atoms in total. The maximum atomic E-state index is 13.1. The van der Waals surface area contributed by atoms with Gasteiger partial charge in [-0.05, 0) is 30.5 Å². The average molecular weight is 275 g/mol. The highest BCUT2D eigenvalue weighted by molar-refractivity contribution is 6.30.